The number of halogens is 1. The van der Waals surface area contributed by atoms with E-state index in [4.69, 9.17) is 16.3 Å². The zero-order valence-corrected chi connectivity index (χ0v) is 9.69. The lowest BCUT2D eigenvalue weighted by molar-refractivity contribution is 0.226. The average molecular weight is 234 g/mol. The van der Waals surface area contributed by atoms with Crippen LogP contribution in [0.25, 0.3) is 0 Å². The van der Waals surface area contributed by atoms with Gasteiger partial charge < -0.3 is 4.74 Å². The number of rotatable bonds is 3. The molecular weight excluding hydrogens is 222 g/mol. The van der Waals surface area contributed by atoms with E-state index in [2.05, 4.69) is 4.98 Å². The maximum absolute atomic E-state index is 5.92. The summed E-state index contributed by atoms with van der Waals surface area (Å²) in [6.45, 7) is 1.98. The minimum atomic E-state index is -0.0390. The molecule has 0 aliphatic heterocycles. The van der Waals surface area contributed by atoms with Gasteiger partial charge in [0.15, 0.2) is 10.9 Å². The molecule has 2 nitrogen and oxygen atoms in total. The number of pyridine rings is 1. The van der Waals surface area contributed by atoms with E-state index in [0.29, 0.717) is 10.9 Å². The molecule has 0 saturated heterocycles. The Balaban J connectivity index is 2.14. The molecule has 2 aromatic rings. The Morgan fingerprint density at radius 3 is 2.56 bits per heavy atom. The molecule has 0 saturated carbocycles. The third-order valence-corrected chi connectivity index (χ3v) is 2.58. The van der Waals surface area contributed by atoms with Gasteiger partial charge in [0.2, 0.25) is 0 Å². The Morgan fingerprint density at radius 1 is 1.12 bits per heavy atom. The van der Waals surface area contributed by atoms with Gasteiger partial charge in [-0.3, -0.25) is 0 Å². The van der Waals surface area contributed by atoms with Crippen LogP contribution in [0.1, 0.15) is 18.6 Å². The first-order chi connectivity index (χ1) is 7.77. The predicted octanol–water partition coefficient (Wildman–Crippen LogP) is 3.88. The van der Waals surface area contributed by atoms with E-state index < -0.39 is 0 Å². The van der Waals surface area contributed by atoms with Crippen molar-refractivity contribution in [3.05, 3.63) is 59.4 Å². The number of ether oxygens (including phenoxy) is 1. The number of hydrogen-bond acceptors (Lipinski definition) is 2. The van der Waals surface area contributed by atoms with Crippen LogP contribution in [0.3, 0.4) is 0 Å². The van der Waals surface area contributed by atoms with Crippen molar-refractivity contribution < 1.29 is 4.74 Å². The SMILES string of the molecule is CC(Oc1cccnc1Cl)c1ccccc1. The van der Waals surface area contributed by atoms with Crippen LogP contribution in [-0.4, -0.2) is 4.98 Å². The van der Waals surface area contributed by atoms with Crippen LogP contribution < -0.4 is 4.74 Å². The summed E-state index contributed by atoms with van der Waals surface area (Å²) in [5.74, 6) is 0.612. The van der Waals surface area contributed by atoms with Crippen LogP contribution in [0.4, 0.5) is 0 Å². The molecule has 0 bridgehead atoms. The van der Waals surface area contributed by atoms with E-state index in [1.807, 2.05) is 43.3 Å². The van der Waals surface area contributed by atoms with Gasteiger partial charge in [-0.15, -0.1) is 0 Å². The highest BCUT2D eigenvalue weighted by Crippen LogP contribution is 2.26. The quantitative estimate of drug-likeness (QED) is 0.751. The third-order valence-electron chi connectivity index (χ3n) is 2.30. The van der Waals surface area contributed by atoms with Crippen molar-refractivity contribution >= 4 is 11.6 Å². The second-order valence-electron chi connectivity index (χ2n) is 3.46. The normalized spacial score (nSPS) is 12.1. The lowest BCUT2D eigenvalue weighted by atomic mass is 10.1. The first kappa shape index (κ1) is 11.0. The van der Waals surface area contributed by atoms with E-state index in [-0.39, 0.29) is 6.10 Å². The summed E-state index contributed by atoms with van der Waals surface area (Å²) >= 11 is 5.92. The molecule has 0 radical (unpaired) electrons. The van der Waals surface area contributed by atoms with Crippen molar-refractivity contribution in [1.82, 2.24) is 4.98 Å². The average Bonchev–Trinajstić information content (AvgIpc) is 2.33. The summed E-state index contributed by atoms with van der Waals surface area (Å²) in [6.07, 6.45) is 1.60. The Kier molecular flexibility index (Phi) is 3.42. The van der Waals surface area contributed by atoms with Crippen LogP contribution in [0.5, 0.6) is 5.75 Å². The van der Waals surface area contributed by atoms with Crippen molar-refractivity contribution in [3.63, 3.8) is 0 Å². The summed E-state index contributed by atoms with van der Waals surface area (Å²) in [4.78, 5) is 3.97. The van der Waals surface area contributed by atoms with Gasteiger partial charge in [-0.2, -0.15) is 0 Å². The fourth-order valence-corrected chi connectivity index (χ4v) is 1.61. The molecule has 0 amide bonds. The van der Waals surface area contributed by atoms with Crippen LogP contribution in [0.2, 0.25) is 5.15 Å². The molecule has 1 heterocycles. The Hall–Kier alpha value is -1.54. The van der Waals surface area contributed by atoms with Crippen LogP contribution in [0.15, 0.2) is 48.7 Å². The van der Waals surface area contributed by atoms with Gasteiger partial charge >= 0.3 is 0 Å². The van der Waals surface area contributed by atoms with Crippen molar-refractivity contribution in [1.29, 1.82) is 0 Å². The molecule has 1 unspecified atom stereocenters. The minimum Gasteiger partial charge on any atom is -0.483 e. The fraction of sp³-hybridized carbons (Fsp3) is 0.154. The molecule has 82 valence electrons. The van der Waals surface area contributed by atoms with E-state index in [1.54, 1.807) is 12.3 Å². The molecule has 16 heavy (non-hydrogen) atoms. The Labute approximate surface area is 99.9 Å². The summed E-state index contributed by atoms with van der Waals surface area (Å²) < 4.78 is 5.74. The van der Waals surface area contributed by atoms with E-state index in [9.17, 15) is 0 Å². The number of benzene rings is 1. The molecule has 2 rings (SSSR count). The number of hydrogen-bond donors (Lipinski definition) is 0. The highest BCUT2D eigenvalue weighted by molar-refractivity contribution is 6.30. The first-order valence-corrected chi connectivity index (χ1v) is 5.47. The smallest absolute Gasteiger partial charge is 0.171 e. The minimum absolute atomic E-state index is 0.0390. The fourth-order valence-electron chi connectivity index (χ4n) is 1.44. The standard InChI is InChI=1S/C13H12ClNO/c1-10(11-6-3-2-4-7-11)16-12-8-5-9-15-13(12)14/h2-10H,1H3. The van der Waals surface area contributed by atoms with Crippen molar-refractivity contribution in [2.45, 2.75) is 13.0 Å². The van der Waals surface area contributed by atoms with Gasteiger partial charge in [0.25, 0.3) is 0 Å². The topological polar surface area (TPSA) is 22.1 Å². The molecule has 0 aliphatic rings. The zero-order valence-electron chi connectivity index (χ0n) is 8.93. The molecule has 0 spiro atoms. The molecule has 0 N–H and O–H groups in total. The Morgan fingerprint density at radius 2 is 1.88 bits per heavy atom. The van der Waals surface area contributed by atoms with Gasteiger partial charge in [-0.25, -0.2) is 4.98 Å². The highest BCUT2D eigenvalue weighted by Gasteiger charge is 2.09. The summed E-state index contributed by atoms with van der Waals surface area (Å²) in [7, 11) is 0. The summed E-state index contributed by atoms with van der Waals surface area (Å²) in [5, 5.41) is 0.394. The second kappa shape index (κ2) is 4.99. The summed E-state index contributed by atoms with van der Waals surface area (Å²) in [5.41, 5.74) is 1.11. The highest BCUT2D eigenvalue weighted by atomic mass is 35.5. The molecule has 1 aromatic heterocycles. The third kappa shape index (κ3) is 2.52. The maximum atomic E-state index is 5.92. The van der Waals surface area contributed by atoms with Crippen LogP contribution in [-0.2, 0) is 0 Å². The first-order valence-electron chi connectivity index (χ1n) is 5.09. The predicted molar refractivity (Wildman–Crippen MR) is 64.7 cm³/mol. The lowest BCUT2D eigenvalue weighted by Gasteiger charge is -2.15. The molecule has 1 aromatic carbocycles. The molecule has 0 aliphatic carbocycles. The van der Waals surface area contributed by atoms with Crippen molar-refractivity contribution in [2.75, 3.05) is 0 Å². The molecule has 1 atom stereocenters. The Bertz CT molecular complexity index is 458. The van der Waals surface area contributed by atoms with Crippen molar-refractivity contribution in [3.8, 4) is 5.75 Å². The lowest BCUT2D eigenvalue weighted by Crippen LogP contribution is -2.03. The molecule has 3 heteroatoms. The van der Waals surface area contributed by atoms with Crippen LogP contribution >= 0.6 is 11.6 Å². The van der Waals surface area contributed by atoms with E-state index in [1.165, 1.54) is 0 Å². The number of nitrogens with zero attached hydrogens (tertiary/aromatic N) is 1. The van der Waals surface area contributed by atoms with Gasteiger partial charge in [-0.1, -0.05) is 41.9 Å². The molecule has 0 fully saturated rings. The van der Waals surface area contributed by atoms with Gasteiger partial charge in [-0.05, 0) is 24.6 Å². The maximum Gasteiger partial charge on any atom is 0.171 e. The van der Waals surface area contributed by atoms with Gasteiger partial charge in [0.05, 0.1) is 0 Å². The largest absolute Gasteiger partial charge is 0.483 e. The van der Waals surface area contributed by atoms with E-state index >= 15 is 0 Å². The van der Waals surface area contributed by atoms with E-state index in [0.717, 1.165) is 5.56 Å². The van der Waals surface area contributed by atoms with Crippen LogP contribution in [0, 0.1) is 0 Å². The second-order valence-corrected chi connectivity index (χ2v) is 3.82. The van der Waals surface area contributed by atoms with Gasteiger partial charge in [0, 0.05) is 6.20 Å². The monoisotopic (exact) mass is 233 g/mol. The number of aromatic nitrogens is 1. The summed E-state index contributed by atoms with van der Waals surface area (Å²) in [6, 6.07) is 13.6. The van der Waals surface area contributed by atoms with Gasteiger partial charge in [0.1, 0.15) is 6.10 Å². The zero-order chi connectivity index (χ0) is 11.4. The van der Waals surface area contributed by atoms with Crippen molar-refractivity contribution in [2.24, 2.45) is 0 Å². The molecular formula is C13H12ClNO.